The number of anilines is 2. The molecule has 1 aromatic rings. The van der Waals surface area contributed by atoms with E-state index in [4.69, 9.17) is 15.3 Å². The summed E-state index contributed by atoms with van der Waals surface area (Å²) >= 11 is 0. The predicted molar refractivity (Wildman–Crippen MR) is 66.4 cm³/mol. The van der Waals surface area contributed by atoms with Crippen LogP contribution in [-0.2, 0) is 4.74 Å². The van der Waals surface area contributed by atoms with Gasteiger partial charge >= 0.3 is 6.01 Å². The second-order valence-electron chi connectivity index (χ2n) is 4.23. The number of ether oxygens (including phenoxy) is 2. The maximum Gasteiger partial charge on any atom is 0.323 e. The molecule has 0 spiro atoms. The van der Waals surface area contributed by atoms with E-state index in [2.05, 4.69) is 20.4 Å². The first-order valence-electron chi connectivity index (χ1n) is 5.83. The summed E-state index contributed by atoms with van der Waals surface area (Å²) in [5.74, 6) is 6.06. The van der Waals surface area contributed by atoms with Crippen LogP contribution in [0.3, 0.4) is 0 Å². The highest BCUT2D eigenvalue weighted by Gasteiger charge is 2.17. The van der Waals surface area contributed by atoms with E-state index < -0.39 is 0 Å². The van der Waals surface area contributed by atoms with Crippen molar-refractivity contribution in [1.82, 2.24) is 15.0 Å². The van der Waals surface area contributed by atoms with Gasteiger partial charge in [-0.25, -0.2) is 5.84 Å². The molecule has 0 saturated carbocycles. The van der Waals surface area contributed by atoms with Crippen LogP contribution in [0.2, 0.25) is 0 Å². The van der Waals surface area contributed by atoms with E-state index in [0.717, 1.165) is 19.4 Å². The SMILES string of the molecule is CN(C)c1nc(NN)nc(OCC2CCCO2)n1. The van der Waals surface area contributed by atoms with Crippen LogP contribution in [0.15, 0.2) is 0 Å². The van der Waals surface area contributed by atoms with Crippen LogP contribution >= 0.6 is 0 Å². The van der Waals surface area contributed by atoms with E-state index in [9.17, 15) is 0 Å². The van der Waals surface area contributed by atoms with Crippen LogP contribution in [0.25, 0.3) is 0 Å². The van der Waals surface area contributed by atoms with Crippen molar-refractivity contribution in [2.45, 2.75) is 18.9 Å². The molecule has 0 amide bonds. The zero-order chi connectivity index (χ0) is 13.0. The first kappa shape index (κ1) is 12.8. The third kappa shape index (κ3) is 3.17. The maximum atomic E-state index is 5.51. The minimum Gasteiger partial charge on any atom is -0.461 e. The predicted octanol–water partition coefficient (Wildman–Crippen LogP) is -0.219. The normalized spacial score (nSPS) is 18.7. The van der Waals surface area contributed by atoms with Crippen molar-refractivity contribution in [2.24, 2.45) is 5.84 Å². The lowest BCUT2D eigenvalue weighted by molar-refractivity contribution is 0.0645. The van der Waals surface area contributed by atoms with Crippen LogP contribution in [-0.4, -0.2) is 48.4 Å². The fourth-order valence-electron chi connectivity index (χ4n) is 1.62. The minimum atomic E-state index is 0.124. The van der Waals surface area contributed by atoms with Crippen molar-refractivity contribution in [2.75, 3.05) is 37.6 Å². The van der Waals surface area contributed by atoms with Crippen LogP contribution < -0.4 is 20.9 Å². The summed E-state index contributed by atoms with van der Waals surface area (Å²) in [6.07, 6.45) is 2.20. The Bertz CT molecular complexity index is 394. The lowest BCUT2D eigenvalue weighted by Gasteiger charge is -2.14. The number of hydrogen-bond donors (Lipinski definition) is 2. The van der Waals surface area contributed by atoms with Crippen molar-refractivity contribution in [3.8, 4) is 6.01 Å². The van der Waals surface area contributed by atoms with Crippen molar-refractivity contribution in [3.05, 3.63) is 0 Å². The molecule has 0 aliphatic carbocycles. The van der Waals surface area contributed by atoms with Gasteiger partial charge in [-0.3, -0.25) is 5.43 Å². The molecule has 1 saturated heterocycles. The Hall–Kier alpha value is -1.67. The average Bonchev–Trinajstić information content (AvgIpc) is 2.89. The molecule has 1 atom stereocenters. The first-order valence-corrected chi connectivity index (χ1v) is 5.83. The van der Waals surface area contributed by atoms with Gasteiger partial charge in [-0.05, 0) is 12.8 Å². The van der Waals surface area contributed by atoms with E-state index in [1.54, 1.807) is 4.90 Å². The topological polar surface area (TPSA) is 98.4 Å². The molecule has 2 rings (SSSR count). The third-order valence-electron chi connectivity index (χ3n) is 2.55. The molecular formula is C10H18N6O2. The molecule has 1 fully saturated rings. The van der Waals surface area contributed by atoms with Crippen LogP contribution in [0, 0.1) is 0 Å². The third-order valence-corrected chi connectivity index (χ3v) is 2.55. The quantitative estimate of drug-likeness (QED) is 0.549. The Morgan fingerprint density at radius 2 is 2.28 bits per heavy atom. The van der Waals surface area contributed by atoms with Gasteiger partial charge < -0.3 is 14.4 Å². The highest BCUT2D eigenvalue weighted by atomic mass is 16.5. The number of aromatic nitrogens is 3. The molecule has 18 heavy (non-hydrogen) atoms. The molecule has 0 bridgehead atoms. The Balaban J connectivity index is 2.03. The van der Waals surface area contributed by atoms with Crippen LogP contribution in [0.4, 0.5) is 11.9 Å². The zero-order valence-electron chi connectivity index (χ0n) is 10.6. The lowest BCUT2D eigenvalue weighted by atomic mass is 10.2. The van der Waals surface area contributed by atoms with Crippen LogP contribution in [0.1, 0.15) is 12.8 Å². The number of nitrogens with zero attached hydrogens (tertiary/aromatic N) is 4. The Morgan fingerprint density at radius 1 is 1.44 bits per heavy atom. The molecule has 0 radical (unpaired) electrons. The van der Waals surface area contributed by atoms with Crippen molar-refractivity contribution < 1.29 is 9.47 Å². The molecule has 1 unspecified atom stereocenters. The van der Waals surface area contributed by atoms with Crippen molar-refractivity contribution >= 4 is 11.9 Å². The first-order chi connectivity index (χ1) is 8.69. The van der Waals surface area contributed by atoms with Gasteiger partial charge in [-0.2, -0.15) is 15.0 Å². The molecule has 1 aliphatic heterocycles. The molecule has 2 heterocycles. The zero-order valence-corrected chi connectivity index (χ0v) is 10.6. The monoisotopic (exact) mass is 254 g/mol. The molecule has 8 heteroatoms. The van der Waals surface area contributed by atoms with E-state index in [1.165, 1.54) is 0 Å². The van der Waals surface area contributed by atoms with E-state index >= 15 is 0 Å². The van der Waals surface area contributed by atoms with Gasteiger partial charge in [0.15, 0.2) is 0 Å². The lowest BCUT2D eigenvalue weighted by Crippen LogP contribution is -2.21. The number of nitrogens with one attached hydrogen (secondary N) is 1. The molecule has 8 nitrogen and oxygen atoms in total. The number of hydrazine groups is 1. The standard InChI is InChI=1S/C10H18N6O2/c1-16(2)9-12-8(15-11)13-10(14-9)18-6-7-4-3-5-17-7/h7H,3-6,11H2,1-2H3,(H,12,13,14,15). The fourth-order valence-corrected chi connectivity index (χ4v) is 1.62. The summed E-state index contributed by atoms with van der Waals surface area (Å²) in [5.41, 5.74) is 2.39. The maximum absolute atomic E-state index is 5.51. The molecule has 1 aromatic heterocycles. The number of rotatable bonds is 5. The second-order valence-corrected chi connectivity index (χ2v) is 4.23. The number of hydrogen-bond acceptors (Lipinski definition) is 8. The van der Waals surface area contributed by atoms with Gasteiger partial charge in [0, 0.05) is 20.7 Å². The highest BCUT2D eigenvalue weighted by Crippen LogP contribution is 2.15. The van der Waals surface area contributed by atoms with E-state index in [1.807, 2.05) is 14.1 Å². The second kappa shape index (κ2) is 5.78. The van der Waals surface area contributed by atoms with Gasteiger partial charge in [0.05, 0.1) is 6.10 Å². The summed E-state index contributed by atoms with van der Waals surface area (Å²) in [7, 11) is 3.67. The summed E-state index contributed by atoms with van der Waals surface area (Å²) in [6.45, 7) is 1.24. The molecule has 100 valence electrons. The van der Waals surface area contributed by atoms with Gasteiger partial charge in [-0.1, -0.05) is 0 Å². The molecule has 1 aliphatic rings. The Kier molecular flexibility index (Phi) is 4.11. The number of nitrogen functional groups attached to an aromatic ring is 1. The average molecular weight is 254 g/mol. The van der Waals surface area contributed by atoms with Crippen molar-refractivity contribution in [3.63, 3.8) is 0 Å². The smallest absolute Gasteiger partial charge is 0.323 e. The molecular weight excluding hydrogens is 236 g/mol. The largest absolute Gasteiger partial charge is 0.461 e. The van der Waals surface area contributed by atoms with E-state index in [0.29, 0.717) is 12.6 Å². The van der Waals surface area contributed by atoms with Crippen molar-refractivity contribution in [1.29, 1.82) is 0 Å². The van der Waals surface area contributed by atoms with Gasteiger partial charge in [0.25, 0.3) is 0 Å². The summed E-state index contributed by atoms with van der Waals surface area (Å²) < 4.78 is 11.0. The summed E-state index contributed by atoms with van der Waals surface area (Å²) in [6, 6.07) is 0.247. The Labute approximate surface area is 105 Å². The van der Waals surface area contributed by atoms with Gasteiger partial charge in [-0.15, -0.1) is 0 Å². The Morgan fingerprint density at radius 3 is 2.89 bits per heavy atom. The minimum absolute atomic E-state index is 0.124. The molecule has 3 N–H and O–H groups in total. The fraction of sp³-hybridized carbons (Fsp3) is 0.700. The van der Waals surface area contributed by atoms with E-state index in [-0.39, 0.29) is 18.1 Å². The van der Waals surface area contributed by atoms with Gasteiger partial charge in [0.2, 0.25) is 11.9 Å². The summed E-state index contributed by atoms with van der Waals surface area (Å²) in [4.78, 5) is 14.0. The highest BCUT2D eigenvalue weighted by molar-refractivity contribution is 5.35. The number of nitrogens with two attached hydrogens (primary N) is 1. The van der Waals surface area contributed by atoms with Crippen LogP contribution in [0.5, 0.6) is 6.01 Å². The summed E-state index contributed by atoms with van der Waals surface area (Å²) in [5, 5.41) is 0. The molecule has 0 aromatic carbocycles. The van der Waals surface area contributed by atoms with Gasteiger partial charge in [0.1, 0.15) is 6.61 Å².